The molecule has 0 aliphatic carbocycles. The maximum atomic E-state index is 13.4. The second-order valence-corrected chi connectivity index (χ2v) is 8.34. The molecule has 4 rings (SSSR count). The van der Waals surface area contributed by atoms with Gasteiger partial charge in [0.15, 0.2) is 5.82 Å². The van der Waals surface area contributed by atoms with E-state index in [1.165, 1.54) is 12.1 Å². The summed E-state index contributed by atoms with van der Waals surface area (Å²) >= 11 is 0. The maximum Gasteiger partial charge on any atom is 1.00 e. The minimum absolute atomic E-state index is 0. The Bertz CT molecular complexity index is 1220. The number of alkyl halides is 3. The molecule has 0 unspecified atom stereocenters. The second kappa shape index (κ2) is 8.45. The van der Waals surface area contributed by atoms with E-state index in [9.17, 15) is 13.2 Å². The molecule has 0 saturated heterocycles. The third-order valence-electron chi connectivity index (χ3n) is 5.12. The third-order valence-corrected chi connectivity index (χ3v) is 5.12. The number of H-pyrrole nitrogens is 1. The third kappa shape index (κ3) is 4.59. The predicted molar refractivity (Wildman–Crippen MR) is 113 cm³/mol. The first kappa shape index (κ1) is 23.6. The molecule has 0 saturated carbocycles. The first-order valence-electron chi connectivity index (χ1n) is 9.83. The monoisotopic (exact) mass is 436 g/mol. The van der Waals surface area contributed by atoms with Crippen molar-refractivity contribution >= 4 is 11.0 Å². The van der Waals surface area contributed by atoms with Crippen molar-refractivity contribution in [2.45, 2.75) is 45.8 Å². The van der Waals surface area contributed by atoms with Crippen molar-refractivity contribution in [1.29, 1.82) is 0 Å². The summed E-state index contributed by atoms with van der Waals surface area (Å²) < 4.78 is 42.2. The number of nitrogens with zero attached hydrogens (tertiary/aromatic N) is 3. The SMILES string of the molecule is CCn1nc(C(C)(C)C)cc1-c1nc2ccc(-c3ccccc3C(F)(F)F)cc2[nH]1.[H-].[Na+]. The van der Waals surface area contributed by atoms with E-state index in [4.69, 9.17) is 0 Å². The summed E-state index contributed by atoms with van der Waals surface area (Å²) in [6.07, 6.45) is -4.42. The van der Waals surface area contributed by atoms with Gasteiger partial charge in [-0.15, -0.1) is 0 Å². The Morgan fingerprint density at radius 3 is 2.39 bits per heavy atom. The van der Waals surface area contributed by atoms with E-state index in [-0.39, 0.29) is 42.0 Å². The molecule has 1 N–H and O–H groups in total. The fraction of sp³-hybridized carbons (Fsp3) is 0.304. The van der Waals surface area contributed by atoms with Crippen LogP contribution in [0.1, 0.15) is 40.4 Å². The molecule has 4 nitrogen and oxygen atoms in total. The molecule has 0 aliphatic heterocycles. The molecule has 0 atom stereocenters. The Kier molecular flexibility index (Phi) is 6.42. The Morgan fingerprint density at radius 2 is 1.74 bits per heavy atom. The van der Waals surface area contributed by atoms with Crippen molar-refractivity contribution in [3.63, 3.8) is 0 Å². The van der Waals surface area contributed by atoms with Crippen molar-refractivity contribution in [2.75, 3.05) is 0 Å². The van der Waals surface area contributed by atoms with E-state index in [1.54, 1.807) is 24.3 Å². The molecule has 0 spiro atoms. The molecule has 0 bridgehead atoms. The van der Waals surface area contributed by atoms with Gasteiger partial charge in [0.2, 0.25) is 0 Å². The standard InChI is InChI=1S/C23H23F3N4.Na.H/c1-5-30-19(13-20(29-30)22(2,3)4)21-27-17-11-10-14(12-18(17)28-21)15-8-6-7-9-16(15)23(24,25)26;;/h6-13H,5H2,1-4H3,(H,27,28);;/q;+1;-1. The normalized spacial score (nSPS) is 12.2. The van der Waals surface area contributed by atoms with Gasteiger partial charge in [0.25, 0.3) is 0 Å². The van der Waals surface area contributed by atoms with Crippen LogP contribution in [-0.2, 0) is 18.1 Å². The number of aryl methyl sites for hydroxylation is 1. The molecule has 0 amide bonds. The molecule has 158 valence electrons. The number of fused-ring (bicyclic) bond motifs is 1. The summed E-state index contributed by atoms with van der Waals surface area (Å²) in [7, 11) is 0. The smallest absolute Gasteiger partial charge is 1.00 e. The van der Waals surface area contributed by atoms with Crippen LogP contribution in [0.3, 0.4) is 0 Å². The number of nitrogens with one attached hydrogen (secondary N) is 1. The Morgan fingerprint density at radius 1 is 1.03 bits per heavy atom. The molecular formula is C23H24F3N4Na. The zero-order valence-electron chi connectivity index (χ0n) is 19.3. The van der Waals surface area contributed by atoms with Crippen LogP contribution >= 0.6 is 0 Å². The minimum atomic E-state index is -4.42. The number of aromatic nitrogens is 4. The van der Waals surface area contributed by atoms with Crippen LogP contribution in [0, 0.1) is 0 Å². The molecule has 2 aromatic heterocycles. The number of imidazole rings is 1. The van der Waals surface area contributed by atoms with E-state index >= 15 is 0 Å². The maximum absolute atomic E-state index is 13.4. The van der Waals surface area contributed by atoms with Crippen molar-refractivity contribution in [3.05, 3.63) is 59.8 Å². The Hall–Kier alpha value is -2.09. The largest absolute Gasteiger partial charge is 1.00 e. The van der Waals surface area contributed by atoms with Crippen molar-refractivity contribution in [3.8, 4) is 22.6 Å². The van der Waals surface area contributed by atoms with Crippen LogP contribution in [0.5, 0.6) is 0 Å². The Labute approximate surface area is 202 Å². The van der Waals surface area contributed by atoms with Crippen LogP contribution in [0.15, 0.2) is 48.5 Å². The number of benzene rings is 2. The first-order chi connectivity index (χ1) is 14.1. The summed E-state index contributed by atoms with van der Waals surface area (Å²) in [6, 6.07) is 12.8. The first-order valence-corrected chi connectivity index (χ1v) is 9.83. The van der Waals surface area contributed by atoms with Gasteiger partial charge in [0.1, 0.15) is 5.69 Å². The van der Waals surface area contributed by atoms with Gasteiger partial charge in [0, 0.05) is 12.0 Å². The fourth-order valence-corrected chi connectivity index (χ4v) is 3.50. The molecule has 2 aromatic carbocycles. The molecule has 0 fully saturated rings. The van der Waals surface area contributed by atoms with Crippen LogP contribution in [0.2, 0.25) is 0 Å². The zero-order chi connectivity index (χ0) is 21.7. The average molecular weight is 436 g/mol. The number of halogens is 3. The molecule has 2 heterocycles. The fourth-order valence-electron chi connectivity index (χ4n) is 3.50. The van der Waals surface area contributed by atoms with E-state index < -0.39 is 11.7 Å². The van der Waals surface area contributed by atoms with E-state index in [2.05, 4.69) is 35.8 Å². The average Bonchev–Trinajstić information content (AvgIpc) is 3.30. The summed E-state index contributed by atoms with van der Waals surface area (Å²) in [4.78, 5) is 7.92. The summed E-state index contributed by atoms with van der Waals surface area (Å²) in [5.41, 5.74) is 3.08. The van der Waals surface area contributed by atoms with Crippen molar-refractivity contribution in [2.24, 2.45) is 0 Å². The molecule has 4 aromatic rings. The molecular weight excluding hydrogens is 412 g/mol. The van der Waals surface area contributed by atoms with Crippen molar-refractivity contribution < 1.29 is 44.2 Å². The van der Waals surface area contributed by atoms with Crippen LogP contribution < -0.4 is 29.6 Å². The number of hydrogen-bond donors (Lipinski definition) is 1. The minimum Gasteiger partial charge on any atom is -1.00 e. The summed E-state index contributed by atoms with van der Waals surface area (Å²) in [5, 5.41) is 4.68. The van der Waals surface area contributed by atoms with E-state index in [1.807, 2.05) is 17.7 Å². The van der Waals surface area contributed by atoms with Gasteiger partial charge >= 0.3 is 35.7 Å². The second-order valence-electron chi connectivity index (χ2n) is 8.34. The van der Waals surface area contributed by atoms with Gasteiger partial charge in [-0.1, -0.05) is 45.0 Å². The van der Waals surface area contributed by atoms with Crippen LogP contribution in [0.4, 0.5) is 13.2 Å². The number of hydrogen-bond acceptors (Lipinski definition) is 2. The summed E-state index contributed by atoms with van der Waals surface area (Å²) in [5.74, 6) is 0.649. The van der Waals surface area contributed by atoms with Gasteiger partial charge in [-0.25, -0.2) is 4.98 Å². The Balaban J connectivity index is 0.00000181. The van der Waals surface area contributed by atoms with E-state index in [0.717, 1.165) is 17.5 Å². The van der Waals surface area contributed by atoms with Crippen molar-refractivity contribution in [1.82, 2.24) is 19.7 Å². The molecule has 0 radical (unpaired) electrons. The summed E-state index contributed by atoms with van der Waals surface area (Å²) in [6.45, 7) is 9.00. The van der Waals surface area contributed by atoms with Crippen LogP contribution in [0.25, 0.3) is 33.7 Å². The molecule has 8 heteroatoms. The molecule has 31 heavy (non-hydrogen) atoms. The van der Waals surface area contributed by atoms with Gasteiger partial charge in [0.05, 0.1) is 22.3 Å². The van der Waals surface area contributed by atoms with Gasteiger partial charge in [-0.3, -0.25) is 4.68 Å². The number of rotatable bonds is 3. The topological polar surface area (TPSA) is 46.5 Å². The van der Waals surface area contributed by atoms with E-state index in [0.29, 0.717) is 29.0 Å². The van der Waals surface area contributed by atoms with Crippen LogP contribution in [-0.4, -0.2) is 19.7 Å². The quantitative estimate of drug-likeness (QED) is 0.500. The van der Waals surface area contributed by atoms with Gasteiger partial charge in [-0.05, 0) is 42.3 Å². The van der Waals surface area contributed by atoms with Gasteiger partial charge in [-0.2, -0.15) is 18.3 Å². The molecule has 0 aliphatic rings. The predicted octanol–water partition coefficient (Wildman–Crippen LogP) is 3.55. The number of aromatic amines is 1. The van der Waals surface area contributed by atoms with Gasteiger partial charge < -0.3 is 6.41 Å². The zero-order valence-corrected chi connectivity index (χ0v) is 20.3.